The van der Waals surface area contributed by atoms with Gasteiger partial charge in [0.05, 0.1) is 0 Å². The number of hydrogen-bond donors (Lipinski definition) is 1. The maximum Gasteiger partial charge on any atom is 0.00888 e. The highest BCUT2D eigenvalue weighted by atomic mass is 35.5. The molecule has 1 aliphatic rings. The Labute approximate surface area is 69.2 Å². The van der Waals surface area contributed by atoms with Crippen molar-refractivity contribution >= 4 is 12.4 Å². The molecule has 0 bridgehead atoms. The van der Waals surface area contributed by atoms with Crippen LogP contribution < -0.4 is 5.73 Å². The Morgan fingerprint density at radius 1 is 1.50 bits per heavy atom. The summed E-state index contributed by atoms with van der Waals surface area (Å²) in [6.45, 7) is 4.56. The van der Waals surface area contributed by atoms with Crippen LogP contribution in [0.5, 0.6) is 0 Å². The van der Waals surface area contributed by atoms with Gasteiger partial charge in [0.2, 0.25) is 0 Å². The zero-order chi connectivity index (χ0) is 6.85. The first kappa shape index (κ1) is 10.2. The first-order chi connectivity index (χ1) is 4.20. The largest absolute Gasteiger partial charge is 0.327 e. The molecular formula is C7H17ClN2. The Kier molecular flexibility index (Phi) is 4.25. The van der Waals surface area contributed by atoms with Crippen LogP contribution in [0.1, 0.15) is 13.3 Å². The monoisotopic (exact) mass is 164 g/mol. The maximum atomic E-state index is 5.81. The van der Waals surface area contributed by atoms with Crippen molar-refractivity contribution in [3.05, 3.63) is 0 Å². The lowest BCUT2D eigenvalue weighted by Crippen LogP contribution is -2.44. The molecule has 1 rings (SSSR count). The molecule has 0 aliphatic carbocycles. The molecule has 62 valence electrons. The number of piperidine rings is 1. The minimum atomic E-state index is 0. The summed E-state index contributed by atoms with van der Waals surface area (Å²) < 4.78 is 0. The van der Waals surface area contributed by atoms with Gasteiger partial charge in [-0.1, -0.05) is 6.92 Å². The van der Waals surface area contributed by atoms with Gasteiger partial charge < -0.3 is 10.6 Å². The van der Waals surface area contributed by atoms with Gasteiger partial charge in [0.1, 0.15) is 0 Å². The van der Waals surface area contributed by atoms with Gasteiger partial charge in [-0.3, -0.25) is 0 Å². The van der Waals surface area contributed by atoms with Crippen molar-refractivity contribution in [2.45, 2.75) is 19.4 Å². The highest BCUT2D eigenvalue weighted by Crippen LogP contribution is 2.12. The van der Waals surface area contributed by atoms with Gasteiger partial charge in [0.15, 0.2) is 0 Å². The Hall–Kier alpha value is 0.210. The second-order valence-electron chi connectivity index (χ2n) is 3.19. The van der Waals surface area contributed by atoms with Gasteiger partial charge in [-0.2, -0.15) is 0 Å². The van der Waals surface area contributed by atoms with E-state index in [-0.39, 0.29) is 12.4 Å². The predicted octanol–water partition coefficient (Wildman–Crippen LogP) is 0.707. The van der Waals surface area contributed by atoms with Crippen LogP contribution in [-0.2, 0) is 0 Å². The van der Waals surface area contributed by atoms with Gasteiger partial charge in [0, 0.05) is 12.6 Å². The zero-order valence-corrected chi connectivity index (χ0v) is 7.53. The average molecular weight is 165 g/mol. The van der Waals surface area contributed by atoms with E-state index in [9.17, 15) is 0 Å². The minimum Gasteiger partial charge on any atom is -0.327 e. The standard InChI is InChI=1S/C7H16N2.ClH/c1-6-5-9(2)4-3-7(6)8;/h6-7H,3-5,8H2,1-2H3;1H. The van der Waals surface area contributed by atoms with Crippen molar-refractivity contribution < 1.29 is 0 Å². The van der Waals surface area contributed by atoms with E-state index in [1.807, 2.05) is 0 Å². The second kappa shape index (κ2) is 4.16. The van der Waals surface area contributed by atoms with Crippen LogP contribution in [0.25, 0.3) is 0 Å². The van der Waals surface area contributed by atoms with Crippen molar-refractivity contribution in [2.75, 3.05) is 20.1 Å². The molecule has 1 saturated heterocycles. The van der Waals surface area contributed by atoms with Crippen molar-refractivity contribution in [2.24, 2.45) is 11.7 Å². The summed E-state index contributed by atoms with van der Waals surface area (Å²) in [5, 5.41) is 0. The summed E-state index contributed by atoms with van der Waals surface area (Å²) in [4.78, 5) is 2.34. The third kappa shape index (κ3) is 2.45. The van der Waals surface area contributed by atoms with E-state index in [4.69, 9.17) is 5.73 Å². The number of halogens is 1. The lowest BCUT2D eigenvalue weighted by Gasteiger charge is -2.32. The van der Waals surface area contributed by atoms with Gasteiger partial charge in [-0.25, -0.2) is 0 Å². The van der Waals surface area contributed by atoms with Crippen LogP contribution in [0.4, 0.5) is 0 Å². The molecule has 1 aliphatic heterocycles. The number of rotatable bonds is 0. The summed E-state index contributed by atoms with van der Waals surface area (Å²) in [5.74, 6) is 0.684. The number of nitrogens with two attached hydrogens (primary N) is 1. The normalized spacial score (nSPS) is 35.1. The molecule has 2 nitrogen and oxygen atoms in total. The summed E-state index contributed by atoms with van der Waals surface area (Å²) in [7, 11) is 2.16. The van der Waals surface area contributed by atoms with Crippen LogP contribution in [-0.4, -0.2) is 31.1 Å². The topological polar surface area (TPSA) is 29.3 Å². The average Bonchev–Trinajstić information content (AvgIpc) is 1.80. The van der Waals surface area contributed by atoms with E-state index in [1.165, 1.54) is 13.1 Å². The van der Waals surface area contributed by atoms with Crippen molar-refractivity contribution in [3.8, 4) is 0 Å². The van der Waals surface area contributed by atoms with Gasteiger partial charge in [-0.05, 0) is 25.9 Å². The molecular weight excluding hydrogens is 148 g/mol. The van der Waals surface area contributed by atoms with Crippen molar-refractivity contribution in [3.63, 3.8) is 0 Å². The fourth-order valence-corrected chi connectivity index (χ4v) is 1.37. The summed E-state index contributed by atoms with van der Waals surface area (Å²) in [6.07, 6.45) is 1.16. The quantitative estimate of drug-likeness (QED) is 0.572. The maximum absolute atomic E-state index is 5.81. The molecule has 1 heterocycles. The van der Waals surface area contributed by atoms with Gasteiger partial charge in [-0.15, -0.1) is 12.4 Å². The molecule has 3 heteroatoms. The van der Waals surface area contributed by atoms with Crippen LogP contribution in [0.15, 0.2) is 0 Å². The summed E-state index contributed by atoms with van der Waals surface area (Å²) >= 11 is 0. The second-order valence-corrected chi connectivity index (χ2v) is 3.19. The van der Waals surface area contributed by atoms with E-state index >= 15 is 0 Å². The minimum absolute atomic E-state index is 0. The fourth-order valence-electron chi connectivity index (χ4n) is 1.37. The van der Waals surface area contributed by atoms with Crippen molar-refractivity contribution in [1.82, 2.24) is 4.90 Å². The molecule has 2 N–H and O–H groups in total. The molecule has 0 saturated carbocycles. The fraction of sp³-hybridized carbons (Fsp3) is 1.00. The van der Waals surface area contributed by atoms with E-state index in [1.54, 1.807) is 0 Å². The third-order valence-electron chi connectivity index (χ3n) is 2.17. The number of nitrogens with zero attached hydrogens (tertiary/aromatic N) is 1. The molecule has 0 spiro atoms. The molecule has 0 aromatic heterocycles. The smallest absolute Gasteiger partial charge is 0.00888 e. The number of likely N-dealkylation sites (tertiary alicyclic amines) is 1. The zero-order valence-electron chi connectivity index (χ0n) is 6.71. The molecule has 2 unspecified atom stereocenters. The Bertz CT molecular complexity index is 97.6. The molecule has 0 amide bonds. The predicted molar refractivity (Wildman–Crippen MR) is 46.5 cm³/mol. The Balaban J connectivity index is 0.000000810. The van der Waals surface area contributed by atoms with E-state index < -0.39 is 0 Å². The van der Waals surface area contributed by atoms with Gasteiger partial charge in [0.25, 0.3) is 0 Å². The Morgan fingerprint density at radius 3 is 2.50 bits per heavy atom. The number of hydrogen-bond acceptors (Lipinski definition) is 2. The molecule has 10 heavy (non-hydrogen) atoms. The summed E-state index contributed by atoms with van der Waals surface area (Å²) in [5.41, 5.74) is 5.81. The molecule has 1 fully saturated rings. The highest BCUT2D eigenvalue weighted by Gasteiger charge is 2.19. The SMILES string of the molecule is CC1CN(C)CCC1N.Cl. The Morgan fingerprint density at radius 2 is 2.10 bits per heavy atom. The van der Waals surface area contributed by atoms with Crippen LogP contribution >= 0.6 is 12.4 Å². The lowest BCUT2D eigenvalue weighted by atomic mass is 9.95. The van der Waals surface area contributed by atoms with Crippen LogP contribution in [0.2, 0.25) is 0 Å². The van der Waals surface area contributed by atoms with E-state index in [0.29, 0.717) is 12.0 Å². The first-order valence-corrected chi connectivity index (χ1v) is 3.64. The third-order valence-corrected chi connectivity index (χ3v) is 2.17. The molecule has 0 radical (unpaired) electrons. The van der Waals surface area contributed by atoms with Gasteiger partial charge >= 0.3 is 0 Å². The first-order valence-electron chi connectivity index (χ1n) is 3.64. The lowest BCUT2D eigenvalue weighted by molar-refractivity contribution is 0.197. The molecule has 0 aromatic rings. The molecule has 2 atom stereocenters. The highest BCUT2D eigenvalue weighted by molar-refractivity contribution is 5.85. The molecule has 0 aromatic carbocycles. The summed E-state index contributed by atoms with van der Waals surface area (Å²) in [6, 6.07) is 0.446. The van der Waals surface area contributed by atoms with Crippen LogP contribution in [0.3, 0.4) is 0 Å². The van der Waals surface area contributed by atoms with Crippen LogP contribution in [0, 0.1) is 5.92 Å². The van der Waals surface area contributed by atoms with E-state index in [2.05, 4.69) is 18.9 Å². The van der Waals surface area contributed by atoms with Crippen molar-refractivity contribution in [1.29, 1.82) is 0 Å². The van der Waals surface area contributed by atoms with E-state index in [0.717, 1.165) is 6.42 Å².